The van der Waals surface area contributed by atoms with Crippen molar-refractivity contribution in [3.63, 3.8) is 0 Å². The Bertz CT molecular complexity index is 850. The summed E-state index contributed by atoms with van der Waals surface area (Å²) in [6, 6.07) is 9.16. The van der Waals surface area contributed by atoms with Gasteiger partial charge in [0.25, 0.3) is 5.91 Å². The Balaban J connectivity index is 1.71. The van der Waals surface area contributed by atoms with Gasteiger partial charge in [0.1, 0.15) is 6.04 Å². The smallest absolute Gasteiger partial charge is 0.326 e. The maximum Gasteiger partial charge on any atom is 0.326 e. The minimum Gasteiger partial charge on any atom is -0.480 e. The number of aliphatic carboxylic acids is 1. The largest absolute Gasteiger partial charge is 0.480 e. The summed E-state index contributed by atoms with van der Waals surface area (Å²) in [6.45, 7) is 6.01. The molecule has 0 fully saturated rings. The zero-order chi connectivity index (χ0) is 19.6. The van der Waals surface area contributed by atoms with Crippen molar-refractivity contribution in [3.05, 3.63) is 46.3 Å². The predicted octanol–water partition coefficient (Wildman–Crippen LogP) is 3.90. The van der Waals surface area contributed by atoms with Crippen LogP contribution in [0, 0.1) is 0 Å². The monoisotopic (exact) mass is 387 g/mol. The molecule has 6 heteroatoms. The summed E-state index contributed by atoms with van der Waals surface area (Å²) >= 11 is 1.43. The molecule has 3 rings (SSSR count). The van der Waals surface area contributed by atoms with Gasteiger partial charge in [-0.05, 0) is 56.4 Å². The Morgan fingerprint density at radius 3 is 2.63 bits per heavy atom. The van der Waals surface area contributed by atoms with E-state index in [1.165, 1.54) is 22.5 Å². The number of carboxylic acid groups (broad SMARTS) is 1. The van der Waals surface area contributed by atoms with E-state index in [-0.39, 0.29) is 24.5 Å². The van der Waals surface area contributed by atoms with Gasteiger partial charge in [-0.15, -0.1) is 11.3 Å². The molecule has 1 aliphatic rings. The second-order valence-electron chi connectivity index (χ2n) is 7.74. The minimum atomic E-state index is -1.05. The van der Waals surface area contributed by atoms with E-state index in [0.717, 1.165) is 23.3 Å². The van der Waals surface area contributed by atoms with E-state index in [0.29, 0.717) is 4.88 Å². The van der Waals surface area contributed by atoms with E-state index in [2.05, 4.69) is 17.4 Å². The topological polar surface area (TPSA) is 75.6 Å². The standard InChI is InChI=1S/C21H25NO4S/c1-21(2,3)26-11-10-16(20(24)25)22-19(23)17-12-14-9-8-13-6-4-5-7-15(13)18(14)27-17/h4-7,12,16H,8-11H2,1-3H3,(H,22,23)(H,24,25). The average Bonchev–Trinajstić information content (AvgIpc) is 3.04. The second-order valence-corrected chi connectivity index (χ2v) is 8.79. The molecule has 0 saturated carbocycles. The maximum absolute atomic E-state index is 12.6. The molecule has 1 aromatic heterocycles. The van der Waals surface area contributed by atoms with Crippen molar-refractivity contribution in [1.82, 2.24) is 5.32 Å². The van der Waals surface area contributed by atoms with E-state index < -0.39 is 12.0 Å². The highest BCUT2D eigenvalue weighted by Gasteiger charge is 2.25. The fourth-order valence-electron chi connectivity index (χ4n) is 3.15. The van der Waals surface area contributed by atoms with Gasteiger partial charge in [-0.1, -0.05) is 24.3 Å². The first-order chi connectivity index (χ1) is 12.7. The first-order valence-electron chi connectivity index (χ1n) is 9.13. The zero-order valence-corrected chi connectivity index (χ0v) is 16.7. The molecule has 2 aromatic rings. The molecule has 1 aromatic carbocycles. The molecule has 0 spiro atoms. The summed E-state index contributed by atoms with van der Waals surface area (Å²) in [5, 5.41) is 12.1. The molecular weight excluding hydrogens is 362 g/mol. The van der Waals surface area contributed by atoms with Gasteiger partial charge in [0, 0.05) is 17.9 Å². The highest BCUT2D eigenvalue weighted by molar-refractivity contribution is 7.17. The van der Waals surface area contributed by atoms with Gasteiger partial charge in [-0.2, -0.15) is 0 Å². The number of rotatable bonds is 6. The number of ether oxygens (including phenoxy) is 1. The van der Waals surface area contributed by atoms with Crippen LogP contribution in [0.1, 0.15) is 48.0 Å². The maximum atomic E-state index is 12.6. The fourth-order valence-corrected chi connectivity index (χ4v) is 4.33. The summed E-state index contributed by atoms with van der Waals surface area (Å²) in [4.78, 5) is 25.8. The number of carboxylic acids is 1. The Morgan fingerprint density at radius 2 is 1.93 bits per heavy atom. The van der Waals surface area contributed by atoms with Crippen molar-refractivity contribution < 1.29 is 19.4 Å². The predicted molar refractivity (Wildman–Crippen MR) is 106 cm³/mol. The fraction of sp³-hybridized carbons (Fsp3) is 0.429. The third-order valence-electron chi connectivity index (χ3n) is 4.50. The molecule has 0 aliphatic heterocycles. The summed E-state index contributed by atoms with van der Waals surface area (Å²) in [5.41, 5.74) is 3.29. The molecule has 27 heavy (non-hydrogen) atoms. The first-order valence-corrected chi connectivity index (χ1v) is 9.95. The molecule has 1 unspecified atom stereocenters. The van der Waals surface area contributed by atoms with Crippen LogP contribution in [-0.4, -0.2) is 35.2 Å². The lowest BCUT2D eigenvalue weighted by Crippen LogP contribution is -2.41. The molecule has 1 aliphatic carbocycles. The van der Waals surface area contributed by atoms with Gasteiger partial charge in [-0.25, -0.2) is 4.79 Å². The van der Waals surface area contributed by atoms with Crippen molar-refractivity contribution >= 4 is 23.2 Å². The molecule has 1 amide bonds. The Hall–Kier alpha value is -2.18. The van der Waals surface area contributed by atoms with Gasteiger partial charge in [0.05, 0.1) is 10.5 Å². The van der Waals surface area contributed by atoms with Crippen LogP contribution < -0.4 is 5.32 Å². The van der Waals surface area contributed by atoms with E-state index >= 15 is 0 Å². The van der Waals surface area contributed by atoms with Gasteiger partial charge < -0.3 is 15.2 Å². The molecule has 5 nitrogen and oxygen atoms in total. The highest BCUT2D eigenvalue weighted by Crippen LogP contribution is 2.39. The van der Waals surface area contributed by atoms with E-state index in [9.17, 15) is 14.7 Å². The number of hydrogen-bond donors (Lipinski definition) is 2. The molecule has 144 valence electrons. The lowest BCUT2D eigenvalue weighted by Gasteiger charge is -2.21. The molecular formula is C21H25NO4S. The van der Waals surface area contributed by atoms with E-state index in [4.69, 9.17) is 4.74 Å². The van der Waals surface area contributed by atoms with E-state index in [1.807, 2.05) is 39.0 Å². The lowest BCUT2D eigenvalue weighted by molar-refractivity contribution is -0.140. The number of amides is 1. The van der Waals surface area contributed by atoms with Gasteiger partial charge in [0.2, 0.25) is 0 Å². The Morgan fingerprint density at radius 1 is 1.22 bits per heavy atom. The lowest BCUT2D eigenvalue weighted by atomic mass is 9.91. The van der Waals surface area contributed by atoms with Crippen molar-refractivity contribution in [2.75, 3.05) is 6.61 Å². The number of hydrogen-bond acceptors (Lipinski definition) is 4. The van der Waals surface area contributed by atoms with Crippen LogP contribution in [-0.2, 0) is 22.4 Å². The van der Waals surface area contributed by atoms with Crippen LogP contribution in [0.25, 0.3) is 10.4 Å². The number of benzene rings is 1. The Kier molecular flexibility index (Phi) is 5.67. The van der Waals surface area contributed by atoms with Crippen LogP contribution in [0.4, 0.5) is 0 Å². The number of aryl methyl sites for hydroxylation is 2. The van der Waals surface area contributed by atoms with E-state index in [1.54, 1.807) is 0 Å². The molecule has 1 atom stereocenters. The number of carbonyl (C=O) groups excluding carboxylic acids is 1. The molecule has 0 bridgehead atoms. The van der Waals surface area contributed by atoms with Crippen molar-refractivity contribution in [1.29, 1.82) is 0 Å². The molecule has 2 N–H and O–H groups in total. The van der Waals surface area contributed by atoms with Crippen LogP contribution in [0.3, 0.4) is 0 Å². The van der Waals surface area contributed by atoms with Gasteiger partial charge >= 0.3 is 5.97 Å². The highest BCUT2D eigenvalue weighted by atomic mass is 32.1. The average molecular weight is 388 g/mol. The number of carbonyl (C=O) groups is 2. The summed E-state index contributed by atoms with van der Waals surface area (Å²) < 4.78 is 5.59. The normalized spacial score (nSPS) is 14.2. The Labute approximate surface area is 163 Å². The SMILES string of the molecule is CC(C)(C)OCCC(NC(=O)c1cc2c(s1)-c1ccccc1CC2)C(=O)O. The molecule has 1 heterocycles. The second kappa shape index (κ2) is 7.82. The van der Waals surface area contributed by atoms with Crippen LogP contribution in [0.5, 0.6) is 0 Å². The zero-order valence-electron chi connectivity index (χ0n) is 15.9. The van der Waals surface area contributed by atoms with Gasteiger partial charge in [0.15, 0.2) is 0 Å². The molecule has 0 radical (unpaired) electrons. The van der Waals surface area contributed by atoms with Crippen molar-refractivity contribution in [2.24, 2.45) is 0 Å². The third kappa shape index (κ3) is 4.76. The number of fused-ring (bicyclic) bond motifs is 3. The quantitative estimate of drug-likeness (QED) is 0.788. The van der Waals surface area contributed by atoms with Gasteiger partial charge in [-0.3, -0.25) is 4.79 Å². The van der Waals surface area contributed by atoms with Crippen LogP contribution in [0.15, 0.2) is 30.3 Å². The number of nitrogens with one attached hydrogen (secondary N) is 1. The number of thiophene rings is 1. The van der Waals surface area contributed by atoms with Crippen LogP contribution >= 0.6 is 11.3 Å². The van der Waals surface area contributed by atoms with Crippen molar-refractivity contribution in [3.8, 4) is 10.4 Å². The minimum absolute atomic E-state index is 0.228. The van der Waals surface area contributed by atoms with Crippen molar-refractivity contribution in [2.45, 2.75) is 51.7 Å². The van der Waals surface area contributed by atoms with Crippen LogP contribution in [0.2, 0.25) is 0 Å². The summed E-state index contributed by atoms with van der Waals surface area (Å²) in [7, 11) is 0. The first kappa shape index (κ1) is 19.6. The third-order valence-corrected chi connectivity index (χ3v) is 5.71. The molecule has 0 saturated heterocycles. The summed E-state index contributed by atoms with van der Waals surface area (Å²) in [5.74, 6) is -1.39. The summed E-state index contributed by atoms with van der Waals surface area (Å²) in [6.07, 6.45) is 2.09.